The van der Waals surface area contributed by atoms with Gasteiger partial charge in [0.15, 0.2) is 5.96 Å². The molecule has 8 heteroatoms. The van der Waals surface area contributed by atoms with Crippen LogP contribution in [0.3, 0.4) is 0 Å². The first-order valence-corrected chi connectivity index (χ1v) is 8.63. The van der Waals surface area contributed by atoms with Crippen LogP contribution >= 0.6 is 0 Å². The number of hydrogen-bond acceptors (Lipinski definition) is 4. The lowest BCUT2D eigenvalue weighted by atomic mass is 10.1. The Hall–Kier alpha value is -3.16. The molecule has 2 aromatic heterocycles. The number of guanidine groups is 1. The molecule has 1 aromatic carbocycles. The molecule has 0 spiro atoms. The number of aryl methyl sites for hydroxylation is 1. The second kappa shape index (κ2) is 8.80. The number of aromatic nitrogens is 5. The predicted octanol–water partition coefficient (Wildman–Crippen LogP) is 1.32. The van der Waals surface area contributed by atoms with Crippen molar-refractivity contribution in [3.8, 4) is 0 Å². The van der Waals surface area contributed by atoms with Crippen molar-refractivity contribution >= 4 is 5.96 Å². The Bertz CT molecular complexity index is 817. The van der Waals surface area contributed by atoms with Gasteiger partial charge in [-0.3, -0.25) is 4.68 Å². The summed E-state index contributed by atoms with van der Waals surface area (Å²) in [6.45, 7) is 4.86. The highest BCUT2D eigenvalue weighted by atomic mass is 15.3. The van der Waals surface area contributed by atoms with Crippen LogP contribution in [0.5, 0.6) is 0 Å². The van der Waals surface area contributed by atoms with E-state index in [2.05, 4.69) is 55.0 Å². The van der Waals surface area contributed by atoms with Crippen molar-refractivity contribution in [3.05, 3.63) is 66.3 Å². The molecular formula is C18H24N8. The van der Waals surface area contributed by atoms with Crippen molar-refractivity contribution in [2.24, 2.45) is 12.0 Å². The first-order valence-electron chi connectivity index (χ1n) is 8.63. The molecule has 8 nitrogen and oxygen atoms in total. The Morgan fingerprint density at radius 3 is 2.62 bits per heavy atom. The van der Waals surface area contributed by atoms with Crippen LogP contribution in [0.1, 0.15) is 23.9 Å². The first kappa shape index (κ1) is 17.7. The van der Waals surface area contributed by atoms with Gasteiger partial charge in [0.2, 0.25) is 0 Å². The average Bonchev–Trinajstić information content (AvgIpc) is 3.30. The molecule has 0 unspecified atom stereocenters. The summed E-state index contributed by atoms with van der Waals surface area (Å²) in [7, 11) is 1.87. The Kier molecular flexibility index (Phi) is 5.97. The van der Waals surface area contributed by atoms with Gasteiger partial charge in [-0.2, -0.15) is 5.10 Å². The Labute approximate surface area is 153 Å². The van der Waals surface area contributed by atoms with Crippen LogP contribution in [-0.2, 0) is 26.7 Å². The van der Waals surface area contributed by atoms with Gasteiger partial charge < -0.3 is 15.2 Å². The average molecular weight is 352 g/mol. The molecule has 0 amide bonds. The summed E-state index contributed by atoms with van der Waals surface area (Å²) in [6, 6.07) is 8.49. The zero-order valence-electron chi connectivity index (χ0n) is 15.1. The summed E-state index contributed by atoms with van der Waals surface area (Å²) in [5.41, 5.74) is 2.40. The molecule has 2 N–H and O–H groups in total. The molecule has 0 aliphatic carbocycles. The van der Waals surface area contributed by atoms with Crippen LogP contribution in [0, 0.1) is 0 Å². The van der Waals surface area contributed by atoms with Crippen molar-refractivity contribution in [3.63, 3.8) is 0 Å². The van der Waals surface area contributed by atoms with Gasteiger partial charge in [-0.15, -0.1) is 0 Å². The summed E-state index contributed by atoms with van der Waals surface area (Å²) < 4.78 is 3.79. The Balaban J connectivity index is 1.57. The highest BCUT2D eigenvalue weighted by Gasteiger charge is 2.03. The van der Waals surface area contributed by atoms with E-state index in [-0.39, 0.29) is 0 Å². The summed E-state index contributed by atoms with van der Waals surface area (Å²) >= 11 is 0. The fraction of sp³-hybridized carbons (Fsp3) is 0.333. The summed E-state index contributed by atoms with van der Waals surface area (Å²) in [5, 5.41) is 10.6. The molecule has 3 aromatic rings. The van der Waals surface area contributed by atoms with Gasteiger partial charge in [-0.1, -0.05) is 24.3 Å². The molecule has 0 aliphatic rings. The maximum atomic E-state index is 4.64. The molecule has 0 fully saturated rings. The Morgan fingerprint density at radius 2 is 1.96 bits per heavy atom. The van der Waals surface area contributed by atoms with E-state index in [4.69, 9.17) is 0 Å². The summed E-state index contributed by atoms with van der Waals surface area (Å²) in [5.74, 6) is 1.62. The molecule has 26 heavy (non-hydrogen) atoms. The normalized spacial score (nSPS) is 11.5. The lowest BCUT2D eigenvalue weighted by molar-refractivity contribution is 0.673. The van der Waals surface area contributed by atoms with Crippen molar-refractivity contribution in [2.75, 3.05) is 6.54 Å². The SMILES string of the molecule is CCNC(=NCc1ccc(Cn2ccnc2)cc1)NCc1ncnn1C. The molecule has 0 bridgehead atoms. The number of nitrogens with zero attached hydrogens (tertiary/aromatic N) is 6. The number of rotatable bonds is 7. The molecule has 2 heterocycles. The van der Waals surface area contributed by atoms with Crippen LogP contribution in [0.2, 0.25) is 0 Å². The highest BCUT2D eigenvalue weighted by Crippen LogP contribution is 2.07. The van der Waals surface area contributed by atoms with Crippen molar-refractivity contribution in [1.82, 2.24) is 34.9 Å². The minimum absolute atomic E-state index is 0.576. The van der Waals surface area contributed by atoms with E-state index in [0.29, 0.717) is 13.1 Å². The van der Waals surface area contributed by atoms with E-state index in [1.807, 2.05) is 31.1 Å². The van der Waals surface area contributed by atoms with Crippen LogP contribution in [-0.4, -0.2) is 36.8 Å². The zero-order valence-corrected chi connectivity index (χ0v) is 15.1. The minimum Gasteiger partial charge on any atom is -0.357 e. The van der Waals surface area contributed by atoms with Crippen molar-refractivity contribution in [1.29, 1.82) is 0 Å². The third-order valence-corrected chi connectivity index (χ3v) is 3.93. The number of aliphatic imine (C=N–C) groups is 1. The van der Waals surface area contributed by atoms with E-state index in [0.717, 1.165) is 30.4 Å². The second-order valence-corrected chi connectivity index (χ2v) is 5.90. The number of benzene rings is 1. The van der Waals surface area contributed by atoms with E-state index in [9.17, 15) is 0 Å². The molecule has 0 radical (unpaired) electrons. The zero-order chi connectivity index (χ0) is 18.2. The quantitative estimate of drug-likeness (QED) is 0.495. The van der Waals surface area contributed by atoms with Crippen LogP contribution in [0.25, 0.3) is 0 Å². The molecule has 0 saturated carbocycles. The summed E-state index contributed by atoms with van der Waals surface area (Å²) in [4.78, 5) is 12.9. The maximum Gasteiger partial charge on any atom is 0.191 e. The van der Waals surface area contributed by atoms with Gasteiger partial charge >= 0.3 is 0 Å². The smallest absolute Gasteiger partial charge is 0.191 e. The lowest BCUT2D eigenvalue weighted by Crippen LogP contribution is -2.37. The van der Waals surface area contributed by atoms with Crippen LogP contribution in [0.4, 0.5) is 0 Å². The second-order valence-electron chi connectivity index (χ2n) is 5.90. The molecule has 0 atom stereocenters. The molecular weight excluding hydrogens is 328 g/mol. The largest absolute Gasteiger partial charge is 0.357 e. The van der Waals surface area contributed by atoms with Gasteiger partial charge in [0, 0.05) is 32.5 Å². The molecule has 3 rings (SSSR count). The fourth-order valence-electron chi connectivity index (χ4n) is 2.50. The van der Waals surface area contributed by atoms with Crippen molar-refractivity contribution < 1.29 is 0 Å². The standard InChI is InChI=1S/C18H24N8/c1-3-20-18(22-11-17-23-13-24-25(17)2)21-10-15-4-6-16(7-5-15)12-26-9-8-19-14-26/h4-9,13-14H,3,10-12H2,1-2H3,(H2,20,21,22). The van der Waals surface area contributed by atoms with E-state index < -0.39 is 0 Å². The number of nitrogens with one attached hydrogen (secondary N) is 2. The van der Waals surface area contributed by atoms with Crippen LogP contribution < -0.4 is 10.6 Å². The van der Waals surface area contributed by atoms with E-state index >= 15 is 0 Å². The number of hydrogen-bond donors (Lipinski definition) is 2. The van der Waals surface area contributed by atoms with E-state index in [1.54, 1.807) is 17.2 Å². The van der Waals surface area contributed by atoms with Gasteiger partial charge in [-0.25, -0.2) is 15.0 Å². The first-order chi connectivity index (χ1) is 12.7. The van der Waals surface area contributed by atoms with Crippen LogP contribution in [0.15, 0.2) is 54.3 Å². The maximum absolute atomic E-state index is 4.64. The topological polar surface area (TPSA) is 84.9 Å². The third kappa shape index (κ3) is 4.92. The molecule has 136 valence electrons. The highest BCUT2D eigenvalue weighted by molar-refractivity contribution is 5.79. The molecule has 0 saturated heterocycles. The Morgan fingerprint density at radius 1 is 1.15 bits per heavy atom. The predicted molar refractivity (Wildman–Crippen MR) is 100 cm³/mol. The summed E-state index contributed by atoms with van der Waals surface area (Å²) in [6.07, 6.45) is 7.12. The third-order valence-electron chi connectivity index (χ3n) is 3.93. The van der Waals surface area contributed by atoms with Gasteiger partial charge in [0.05, 0.1) is 19.4 Å². The van der Waals surface area contributed by atoms with E-state index in [1.165, 1.54) is 5.56 Å². The van der Waals surface area contributed by atoms with Gasteiger partial charge in [0.25, 0.3) is 0 Å². The van der Waals surface area contributed by atoms with Crippen molar-refractivity contribution in [2.45, 2.75) is 26.6 Å². The lowest BCUT2D eigenvalue weighted by Gasteiger charge is -2.11. The van der Waals surface area contributed by atoms with Gasteiger partial charge in [-0.05, 0) is 18.1 Å². The fourth-order valence-corrected chi connectivity index (χ4v) is 2.50. The van der Waals surface area contributed by atoms with Gasteiger partial charge in [0.1, 0.15) is 12.2 Å². The number of imidazole rings is 1. The minimum atomic E-state index is 0.576. The monoisotopic (exact) mass is 352 g/mol. The molecule has 0 aliphatic heterocycles.